The first-order valence-electron chi connectivity index (χ1n) is 21.2. The molecule has 3 aromatic carbocycles. The third-order valence-corrected chi connectivity index (χ3v) is 12.6. The molecule has 0 spiro atoms. The molecule has 3 N–H and O–H groups in total. The van der Waals surface area contributed by atoms with Gasteiger partial charge in [0.25, 0.3) is 0 Å². The van der Waals surface area contributed by atoms with Gasteiger partial charge in [0.2, 0.25) is 0 Å². The van der Waals surface area contributed by atoms with Crippen LogP contribution in [0.3, 0.4) is 0 Å². The molecule has 0 saturated heterocycles. The van der Waals surface area contributed by atoms with E-state index in [-0.39, 0.29) is 12.4 Å². The number of halogens is 1. The molecule has 0 bridgehead atoms. The zero-order valence-electron chi connectivity index (χ0n) is 37.1. The lowest BCUT2D eigenvalue weighted by Crippen LogP contribution is -2.43. The Morgan fingerprint density at radius 1 is 0.466 bits per heavy atom. The van der Waals surface area contributed by atoms with Gasteiger partial charge in [0.1, 0.15) is 17.2 Å². The summed E-state index contributed by atoms with van der Waals surface area (Å²) in [6.07, 6.45) is 12.7. The van der Waals surface area contributed by atoms with E-state index < -0.39 is 16.8 Å². The van der Waals surface area contributed by atoms with Crippen molar-refractivity contribution >= 4 is 12.4 Å². The average Bonchev–Trinajstić information content (AvgIpc) is 3.20. The Kier molecular flexibility index (Phi) is 19.8. The molecule has 0 heterocycles. The first kappa shape index (κ1) is 49.5. The number of aliphatic hydroxyl groups is 3. The van der Waals surface area contributed by atoms with Crippen molar-refractivity contribution in [1.82, 2.24) is 14.7 Å². The molecule has 0 radical (unpaired) electrons. The van der Waals surface area contributed by atoms with Gasteiger partial charge in [-0.05, 0) is 134 Å². The van der Waals surface area contributed by atoms with Crippen LogP contribution in [-0.2, 0) is 16.8 Å². The largest absolute Gasteiger partial charge is 0.497 e. The lowest BCUT2D eigenvalue weighted by Gasteiger charge is -2.41. The second kappa shape index (κ2) is 23.2. The monoisotopic (exact) mass is 826 g/mol. The van der Waals surface area contributed by atoms with E-state index in [0.717, 1.165) is 111 Å². The molecule has 326 valence electrons. The highest BCUT2D eigenvalue weighted by Crippen LogP contribution is 2.45. The third-order valence-electron chi connectivity index (χ3n) is 12.6. The summed E-state index contributed by atoms with van der Waals surface area (Å²) < 4.78 is 15.9. The summed E-state index contributed by atoms with van der Waals surface area (Å²) in [5.41, 5.74) is 0.862. The van der Waals surface area contributed by atoms with E-state index in [0.29, 0.717) is 17.8 Å². The SMILES string of the molecule is COc1cccc(C2(O)CCCCC2CN(C)C)c1.COc1cccc([C@]2(O)CCCC[C@H]2CN(C)C)c1.COc1cccc([C@]2(O)CCCC[C@H]2CN(C)C)c1.Cl. The summed E-state index contributed by atoms with van der Waals surface area (Å²) in [6, 6.07) is 23.7. The Hall–Kier alpha value is -2.89. The van der Waals surface area contributed by atoms with Gasteiger partial charge in [-0.3, -0.25) is 0 Å². The molecule has 2 unspecified atom stereocenters. The molecule has 3 aliphatic rings. The number of rotatable bonds is 12. The summed E-state index contributed by atoms with van der Waals surface area (Å²) >= 11 is 0. The van der Waals surface area contributed by atoms with Crippen molar-refractivity contribution in [2.75, 3.05) is 83.2 Å². The van der Waals surface area contributed by atoms with E-state index in [2.05, 4.69) is 57.0 Å². The van der Waals surface area contributed by atoms with Crippen LogP contribution in [0.5, 0.6) is 17.2 Å². The fraction of sp³-hybridized carbons (Fsp3) is 0.625. The van der Waals surface area contributed by atoms with Gasteiger partial charge in [0.15, 0.2) is 0 Å². The van der Waals surface area contributed by atoms with Gasteiger partial charge in [-0.1, -0.05) is 74.9 Å². The number of nitrogens with zero attached hydrogens (tertiary/aromatic N) is 3. The van der Waals surface area contributed by atoms with E-state index in [1.807, 2.05) is 72.8 Å². The Morgan fingerprint density at radius 2 is 0.724 bits per heavy atom. The van der Waals surface area contributed by atoms with E-state index in [4.69, 9.17) is 14.2 Å². The molecule has 58 heavy (non-hydrogen) atoms. The summed E-state index contributed by atoms with van der Waals surface area (Å²) in [7, 11) is 17.4. The maximum atomic E-state index is 11.2. The number of methoxy groups -OCH3 is 3. The predicted octanol–water partition coefficient (Wildman–Crippen LogP) is 8.33. The average molecular weight is 827 g/mol. The normalized spacial score (nSPS) is 27.1. The van der Waals surface area contributed by atoms with Crippen LogP contribution in [0.4, 0.5) is 0 Å². The topological polar surface area (TPSA) is 98.1 Å². The summed E-state index contributed by atoms with van der Waals surface area (Å²) in [4.78, 5) is 6.50. The minimum atomic E-state index is -0.711. The first-order valence-corrected chi connectivity index (χ1v) is 21.2. The van der Waals surface area contributed by atoms with Gasteiger partial charge in [-0.15, -0.1) is 12.4 Å². The number of ether oxygens (including phenoxy) is 3. The second-order valence-corrected chi connectivity index (χ2v) is 17.6. The number of benzene rings is 3. The molecule has 3 saturated carbocycles. The highest BCUT2D eigenvalue weighted by molar-refractivity contribution is 5.85. The van der Waals surface area contributed by atoms with Crippen molar-refractivity contribution in [2.24, 2.45) is 17.8 Å². The van der Waals surface area contributed by atoms with Crippen LogP contribution in [-0.4, -0.2) is 113 Å². The quantitative estimate of drug-likeness (QED) is 0.167. The summed E-state index contributed by atoms with van der Waals surface area (Å²) in [6.45, 7) is 2.77. The molecule has 3 aromatic rings. The van der Waals surface area contributed by atoms with Gasteiger partial charge in [-0.2, -0.15) is 0 Å². The smallest absolute Gasteiger partial charge is 0.119 e. The van der Waals surface area contributed by atoms with Gasteiger partial charge in [0.05, 0.1) is 38.1 Å². The lowest BCUT2D eigenvalue weighted by molar-refractivity contribution is -0.0621. The molecule has 6 rings (SSSR count). The van der Waals surface area contributed by atoms with Crippen LogP contribution in [0, 0.1) is 17.8 Å². The highest BCUT2D eigenvalue weighted by atomic mass is 35.5. The van der Waals surface area contributed by atoms with Crippen LogP contribution in [0.15, 0.2) is 72.8 Å². The zero-order valence-corrected chi connectivity index (χ0v) is 37.9. The predicted molar refractivity (Wildman–Crippen MR) is 239 cm³/mol. The van der Waals surface area contributed by atoms with Crippen molar-refractivity contribution in [1.29, 1.82) is 0 Å². The Morgan fingerprint density at radius 3 is 0.948 bits per heavy atom. The van der Waals surface area contributed by atoms with Crippen molar-refractivity contribution < 1.29 is 29.5 Å². The second-order valence-electron chi connectivity index (χ2n) is 17.6. The van der Waals surface area contributed by atoms with Crippen LogP contribution < -0.4 is 14.2 Å². The number of hydrogen-bond acceptors (Lipinski definition) is 9. The Labute approximate surface area is 357 Å². The highest BCUT2D eigenvalue weighted by Gasteiger charge is 2.42. The molecule has 6 atom stereocenters. The molecule has 9 nitrogen and oxygen atoms in total. The zero-order chi connectivity index (χ0) is 41.6. The fourth-order valence-electron chi connectivity index (χ4n) is 9.55. The van der Waals surface area contributed by atoms with Gasteiger partial charge in [0, 0.05) is 37.4 Å². The third kappa shape index (κ3) is 13.1. The van der Waals surface area contributed by atoms with Gasteiger partial charge >= 0.3 is 0 Å². The number of hydrogen-bond donors (Lipinski definition) is 3. The fourth-order valence-corrected chi connectivity index (χ4v) is 9.55. The van der Waals surface area contributed by atoms with E-state index in [1.165, 1.54) is 19.3 Å². The minimum absolute atomic E-state index is 0. The van der Waals surface area contributed by atoms with Crippen molar-refractivity contribution in [2.45, 2.75) is 93.9 Å². The Balaban J connectivity index is 0.000000231. The maximum absolute atomic E-state index is 11.2. The van der Waals surface area contributed by atoms with E-state index in [1.54, 1.807) is 21.3 Å². The molecular weight excluding hydrogens is 750 g/mol. The molecule has 3 aliphatic carbocycles. The molecule has 3 fully saturated rings. The lowest BCUT2D eigenvalue weighted by atomic mass is 9.71. The molecule has 0 amide bonds. The van der Waals surface area contributed by atoms with Crippen molar-refractivity contribution in [3.63, 3.8) is 0 Å². The van der Waals surface area contributed by atoms with Crippen LogP contribution in [0.25, 0.3) is 0 Å². The van der Waals surface area contributed by atoms with E-state index >= 15 is 0 Å². The first-order chi connectivity index (χ1) is 27.2. The van der Waals surface area contributed by atoms with E-state index in [9.17, 15) is 15.3 Å². The van der Waals surface area contributed by atoms with Crippen LogP contribution >= 0.6 is 12.4 Å². The molecule has 10 heteroatoms. The maximum Gasteiger partial charge on any atom is 0.119 e. The molecule has 0 aliphatic heterocycles. The summed E-state index contributed by atoms with van der Waals surface area (Å²) in [5.74, 6) is 3.34. The standard InChI is InChI=1S/3C16H25NO2.ClH/c3*1-17(2)12-14-7-4-5-10-16(14,18)13-8-6-9-15(11-13)19-3;/h3*6,8-9,11,14,18H,4-5,7,10,12H2,1-3H3;1H/t2*14-,16+;;/m00../s1. The summed E-state index contributed by atoms with van der Waals surface area (Å²) in [5, 5.41) is 33.6. The van der Waals surface area contributed by atoms with Crippen molar-refractivity contribution in [3.05, 3.63) is 89.5 Å². The van der Waals surface area contributed by atoms with Crippen molar-refractivity contribution in [3.8, 4) is 17.2 Å². The Bertz CT molecular complexity index is 1450. The van der Waals surface area contributed by atoms with Crippen LogP contribution in [0.2, 0.25) is 0 Å². The van der Waals surface area contributed by atoms with Gasteiger partial charge < -0.3 is 44.2 Å². The van der Waals surface area contributed by atoms with Gasteiger partial charge in [-0.25, -0.2) is 0 Å². The molecule has 0 aromatic heterocycles. The molecular formula is C48H76ClN3O6. The van der Waals surface area contributed by atoms with Crippen LogP contribution in [0.1, 0.15) is 93.7 Å². The minimum Gasteiger partial charge on any atom is -0.497 e.